The first-order valence-electron chi connectivity index (χ1n) is 8.71. The normalized spacial score (nSPS) is 16.3. The minimum Gasteiger partial charge on any atom is -0.310 e. The second-order valence-corrected chi connectivity index (χ2v) is 6.93. The molecule has 1 atom stereocenters. The number of aryl methyl sites for hydroxylation is 4. The minimum atomic E-state index is -0.0190. The van der Waals surface area contributed by atoms with Gasteiger partial charge in [-0.15, -0.1) is 0 Å². The molecular formula is C20H21N5O. The highest BCUT2D eigenvalue weighted by Gasteiger charge is 2.33. The van der Waals surface area contributed by atoms with E-state index in [0.29, 0.717) is 18.2 Å². The highest BCUT2D eigenvalue weighted by Crippen LogP contribution is 2.40. The van der Waals surface area contributed by atoms with Crippen LogP contribution in [-0.2, 0) is 4.79 Å². The molecule has 1 N–H and O–H groups in total. The molecule has 1 aliphatic heterocycles. The van der Waals surface area contributed by atoms with Crippen LogP contribution in [0.2, 0.25) is 0 Å². The van der Waals surface area contributed by atoms with Crippen molar-refractivity contribution < 1.29 is 4.79 Å². The lowest BCUT2D eigenvalue weighted by Crippen LogP contribution is -2.25. The molecule has 0 spiro atoms. The maximum atomic E-state index is 12.4. The van der Waals surface area contributed by atoms with E-state index in [4.69, 9.17) is 0 Å². The first-order chi connectivity index (χ1) is 12.4. The quantitative estimate of drug-likeness (QED) is 0.771. The number of carbonyl (C=O) groups is 1. The van der Waals surface area contributed by atoms with Gasteiger partial charge in [0.15, 0.2) is 0 Å². The van der Waals surface area contributed by atoms with Gasteiger partial charge in [0.25, 0.3) is 5.95 Å². The number of aromatic nitrogens is 4. The second-order valence-electron chi connectivity index (χ2n) is 6.93. The molecule has 0 saturated heterocycles. The van der Waals surface area contributed by atoms with Gasteiger partial charge in [0, 0.05) is 29.3 Å². The molecule has 26 heavy (non-hydrogen) atoms. The number of nitrogens with zero attached hydrogens (tertiary/aromatic N) is 4. The maximum Gasteiger partial charge on any atom is 0.252 e. The number of anilines is 1. The number of carbonyl (C=O) groups excluding carboxylic acids is 1. The predicted octanol–water partition coefficient (Wildman–Crippen LogP) is 3.37. The van der Waals surface area contributed by atoms with Crippen molar-refractivity contribution in [3.63, 3.8) is 0 Å². The minimum absolute atomic E-state index is 0.0155. The van der Waals surface area contributed by atoms with Crippen molar-refractivity contribution in [2.75, 3.05) is 5.32 Å². The van der Waals surface area contributed by atoms with Gasteiger partial charge in [0.2, 0.25) is 5.91 Å². The van der Waals surface area contributed by atoms with Crippen LogP contribution >= 0.6 is 0 Å². The highest BCUT2D eigenvalue weighted by molar-refractivity contribution is 5.95. The molecule has 0 fully saturated rings. The van der Waals surface area contributed by atoms with Crippen LogP contribution in [0.5, 0.6) is 0 Å². The zero-order valence-electron chi connectivity index (χ0n) is 15.4. The molecule has 0 unspecified atom stereocenters. The summed E-state index contributed by atoms with van der Waals surface area (Å²) in [6.45, 7) is 7.88. The van der Waals surface area contributed by atoms with Crippen LogP contribution in [0, 0.1) is 27.7 Å². The van der Waals surface area contributed by atoms with Crippen LogP contribution in [0.25, 0.3) is 5.95 Å². The van der Waals surface area contributed by atoms with E-state index in [9.17, 15) is 4.79 Å². The van der Waals surface area contributed by atoms with Crippen LogP contribution in [0.4, 0.5) is 5.82 Å². The summed E-state index contributed by atoms with van der Waals surface area (Å²) in [5.41, 5.74) is 5.97. The molecule has 4 rings (SSSR count). The van der Waals surface area contributed by atoms with Crippen LogP contribution < -0.4 is 5.32 Å². The van der Waals surface area contributed by atoms with Crippen molar-refractivity contribution >= 4 is 11.7 Å². The molecule has 0 radical (unpaired) electrons. The van der Waals surface area contributed by atoms with Gasteiger partial charge in [-0.05, 0) is 39.3 Å². The van der Waals surface area contributed by atoms with Crippen molar-refractivity contribution in [1.82, 2.24) is 19.7 Å². The molecule has 3 heterocycles. The Hall–Kier alpha value is -3.02. The predicted molar refractivity (Wildman–Crippen MR) is 99.6 cm³/mol. The first kappa shape index (κ1) is 16.4. The second kappa shape index (κ2) is 6.05. The summed E-state index contributed by atoms with van der Waals surface area (Å²) in [6, 6.07) is 10.2. The van der Waals surface area contributed by atoms with E-state index in [2.05, 4.69) is 45.5 Å². The number of hydrogen-bond acceptors (Lipinski definition) is 4. The van der Waals surface area contributed by atoms with E-state index in [1.165, 1.54) is 5.56 Å². The number of amides is 1. The molecule has 3 aromatic rings. The van der Waals surface area contributed by atoms with Gasteiger partial charge >= 0.3 is 0 Å². The van der Waals surface area contributed by atoms with Crippen molar-refractivity contribution in [3.8, 4) is 5.95 Å². The molecule has 1 aromatic carbocycles. The molecule has 2 aromatic heterocycles. The largest absolute Gasteiger partial charge is 0.310 e. The van der Waals surface area contributed by atoms with Crippen molar-refractivity contribution in [3.05, 3.63) is 64.1 Å². The SMILES string of the molecule is Cc1cccc([C@@H]2CC(=O)Nc3c2c(C)nn3-c2nc(C)cc(C)n2)c1. The maximum absolute atomic E-state index is 12.4. The fourth-order valence-electron chi connectivity index (χ4n) is 3.67. The van der Waals surface area contributed by atoms with E-state index >= 15 is 0 Å². The lowest BCUT2D eigenvalue weighted by Gasteiger charge is -2.24. The lowest BCUT2D eigenvalue weighted by molar-refractivity contribution is -0.116. The number of nitrogens with one attached hydrogen (secondary N) is 1. The van der Waals surface area contributed by atoms with Crippen molar-refractivity contribution in [1.29, 1.82) is 0 Å². The Balaban J connectivity index is 1.90. The number of rotatable bonds is 2. The van der Waals surface area contributed by atoms with Gasteiger partial charge in [-0.2, -0.15) is 9.78 Å². The smallest absolute Gasteiger partial charge is 0.252 e. The Morgan fingerprint density at radius 1 is 1.08 bits per heavy atom. The Labute approximate surface area is 152 Å². The summed E-state index contributed by atoms with van der Waals surface area (Å²) < 4.78 is 1.66. The molecular weight excluding hydrogens is 326 g/mol. The van der Waals surface area contributed by atoms with Gasteiger partial charge in [-0.3, -0.25) is 4.79 Å². The van der Waals surface area contributed by atoms with E-state index in [0.717, 1.165) is 28.2 Å². The Kier molecular flexibility index (Phi) is 3.83. The Morgan fingerprint density at radius 3 is 2.50 bits per heavy atom. The van der Waals surface area contributed by atoms with E-state index in [-0.39, 0.29) is 11.8 Å². The van der Waals surface area contributed by atoms with Crippen LogP contribution in [-0.4, -0.2) is 25.7 Å². The average Bonchev–Trinajstić information content (AvgIpc) is 2.90. The van der Waals surface area contributed by atoms with Crippen molar-refractivity contribution in [2.24, 2.45) is 0 Å². The monoisotopic (exact) mass is 347 g/mol. The molecule has 0 bridgehead atoms. The van der Waals surface area contributed by atoms with Gasteiger partial charge in [-0.25, -0.2) is 9.97 Å². The highest BCUT2D eigenvalue weighted by atomic mass is 16.1. The third kappa shape index (κ3) is 2.77. The van der Waals surface area contributed by atoms with Gasteiger partial charge in [0.05, 0.1) is 5.69 Å². The average molecular weight is 347 g/mol. The summed E-state index contributed by atoms with van der Waals surface area (Å²) >= 11 is 0. The molecule has 0 saturated carbocycles. The third-order valence-electron chi connectivity index (χ3n) is 4.71. The van der Waals surface area contributed by atoms with Crippen LogP contribution in [0.3, 0.4) is 0 Å². The lowest BCUT2D eigenvalue weighted by atomic mass is 9.85. The van der Waals surface area contributed by atoms with E-state index in [1.807, 2.05) is 32.9 Å². The van der Waals surface area contributed by atoms with Crippen molar-refractivity contribution in [2.45, 2.75) is 40.0 Å². The molecule has 6 nitrogen and oxygen atoms in total. The number of fused-ring (bicyclic) bond motifs is 1. The number of benzene rings is 1. The Morgan fingerprint density at radius 2 is 1.81 bits per heavy atom. The zero-order chi connectivity index (χ0) is 18.4. The van der Waals surface area contributed by atoms with Gasteiger partial charge in [-0.1, -0.05) is 29.8 Å². The Bertz CT molecular complexity index is 1000. The summed E-state index contributed by atoms with van der Waals surface area (Å²) in [7, 11) is 0. The fourth-order valence-corrected chi connectivity index (χ4v) is 3.67. The van der Waals surface area contributed by atoms with Gasteiger partial charge in [0.1, 0.15) is 5.82 Å². The van der Waals surface area contributed by atoms with Crippen LogP contribution in [0.1, 0.15) is 46.1 Å². The van der Waals surface area contributed by atoms with E-state index in [1.54, 1.807) is 4.68 Å². The molecule has 1 amide bonds. The third-order valence-corrected chi connectivity index (χ3v) is 4.71. The first-order valence-corrected chi connectivity index (χ1v) is 8.71. The zero-order valence-corrected chi connectivity index (χ0v) is 15.4. The van der Waals surface area contributed by atoms with Crippen LogP contribution in [0.15, 0.2) is 30.3 Å². The fraction of sp³-hybridized carbons (Fsp3) is 0.300. The molecule has 132 valence electrons. The summed E-state index contributed by atoms with van der Waals surface area (Å²) in [5, 5.41) is 7.64. The molecule has 0 aliphatic carbocycles. The summed E-state index contributed by atoms with van der Waals surface area (Å²) in [4.78, 5) is 21.4. The molecule has 6 heteroatoms. The summed E-state index contributed by atoms with van der Waals surface area (Å²) in [5.74, 6) is 1.13. The molecule has 1 aliphatic rings. The number of hydrogen-bond donors (Lipinski definition) is 1. The standard InChI is InChI=1S/C20H21N5O/c1-11-6-5-7-15(8-11)16-10-17(26)23-19-18(16)14(4)24-25(19)20-21-12(2)9-13(3)22-20/h5-9,16H,10H2,1-4H3,(H,23,26)/t16-/m0/s1. The topological polar surface area (TPSA) is 72.7 Å². The van der Waals surface area contributed by atoms with E-state index < -0.39 is 0 Å². The summed E-state index contributed by atoms with van der Waals surface area (Å²) in [6.07, 6.45) is 0.413. The van der Waals surface area contributed by atoms with Gasteiger partial charge < -0.3 is 5.32 Å².